The van der Waals surface area contributed by atoms with E-state index in [1.165, 1.54) is 13.2 Å². The molecule has 0 bridgehead atoms. The van der Waals surface area contributed by atoms with E-state index in [0.717, 1.165) is 17.7 Å². The Morgan fingerprint density at radius 1 is 1.21 bits per heavy atom. The van der Waals surface area contributed by atoms with Crippen LogP contribution in [0.5, 0.6) is 5.75 Å². The third kappa shape index (κ3) is 2.78. The van der Waals surface area contributed by atoms with E-state index in [1.807, 2.05) is 24.3 Å². The molecule has 100 valence electrons. The van der Waals surface area contributed by atoms with Crippen LogP contribution in [0, 0.1) is 5.82 Å². The van der Waals surface area contributed by atoms with Gasteiger partial charge in [-0.1, -0.05) is 25.1 Å². The summed E-state index contributed by atoms with van der Waals surface area (Å²) >= 11 is 0. The Kier molecular flexibility index (Phi) is 3.90. The summed E-state index contributed by atoms with van der Waals surface area (Å²) in [5, 5.41) is 3.08. The first-order valence-corrected chi connectivity index (χ1v) is 6.13. The van der Waals surface area contributed by atoms with Crippen LogP contribution in [0.4, 0.5) is 21.5 Å². The average Bonchev–Trinajstić information content (AvgIpc) is 2.42. The maximum absolute atomic E-state index is 13.9. The third-order valence-electron chi connectivity index (χ3n) is 2.99. The number of nitrogens with one attached hydrogen (secondary N) is 1. The third-order valence-corrected chi connectivity index (χ3v) is 2.99. The Morgan fingerprint density at radius 3 is 2.63 bits per heavy atom. The fourth-order valence-corrected chi connectivity index (χ4v) is 1.94. The Labute approximate surface area is 112 Å². The fourth-order valence-electron chi connectivity index (χ4n) is 1.94. The minimum absolute atomic E-state index is 0.286. The first kappa shape index (κ1) is 13.2. The van der Waals surface area contributed by atoms with Crippen LogP contribution in [0.3, 0.4) is 0 Å². The number of hydrogen-bond donors (Lipinski definition) is 2. The number of anilines is 3. The molecule has 3 nitrogen and oxygen atoms in total. The van der Waals surface area contributed by atoms with Crippen LogP contribution >= 0.6 is 0 Å². The molecule has 0 aliphatic heterocycles. The summed E-state index contributed by atoms with van der Waals surface area (Å²) in [6.45, 7) is 2.06. The number of para-hydroxylation sites is 1. The molecule has 0 fully saturated rings. The van der Waals surface area contributed by atoms with Gasteiger partial charge in [-0.15, -0.1) is 0 Å². The van der Waals surface area contributed by atoms with Crippen LogP contribution in [0.25, 0.3) is 0 Å². The lowest BCUT2D eigenvalue weighted by Crippen LogP contribution is -2.00. The zero-order valence-electron chi connectivity index (χ0n) is 11.0. The molecular weight excluding hydrogens is 243 g/mol. The van der Waals surface area contributed by atoms with Crippen molar-refractivity contribution in [3.63, 3.8) is 0 Å². The number of halogens is 1. The maximum Gasteiger partial charge on any atom is 0.148 e. The molecule has 2 aromatic carbocycles. The quantitative estimate of drug-likeness (QED) is 0.823. The van der Waals surface area contributed by atoms with E-state index < -0.39 is 5.82 Å². The molecule has 4 heteroatoms. The van der Waals surface area contributed by atoms with E-state index in [2.05, 4.69) is 12.2 Å². The minimum Gasteiger partial charge on any atom is -0.495 e. The molecule has 0 heterocycles. The van der Waals surface area contributed by atoms with E-state index in [4.69, 9.17) is 10.5 Å². The van der Waals surface area contributed by atoms with Gasteiger partial charge in [0.2, 0.25) is 0 Å². The number of methoxy groups -OCH3 is 1. The summed E-state index contributed by atoms with van der Waals surface area (Å²) in [7, 11) is 1.51. The van der Waals surface area contributed by atoms with E-state index in [9.17, 15) is 4.39 Å². The van der Waals surface area contributed by atoms with Crippen molar-refractivity contribution in [1.82, 2.24) is 0 Å². The smallest absolute Gasteiger partial charge is 0.148 e. The minimum atomic E-state index is -0.399. The highest BCUT2D eigenvalue weighted by Gasteiger charge is 2.09. The van der Waals surface area contributed by atoms with Crippen molar-refractivity contribution in [2.24, 2.45) is 0 Å². The molecule has 0 unspecified atom stereocenters. The van der Waals surface area contributed by atoms with Gasteiger partial charge < -0.3 is 15.8 Å². The highest BCUT2D eigenvalue weighted by atomic mass is 19.1. The monoisotopic (exact) mass is 260 g/mol. The molecule has 2 rings (SSSR count). The van der Waals surface area contributed by atoms with E-state index >= 15 is 0 Å². The Hall–Kier alpha value is -2.23. The second kappa shape index (κ2) is 5.61. The molecule has 19 heavy (non-hydrogen) atoms. The van der Waals surface area contributed by atoms with Gasteiger partial charge in [-0.3, -0.25) is 0 Å². The maximum atomic E-state index is 13.9. The van der Waals surface area contributed by atoms with Gasteiger partial charge in [0.05, 0.1) is 18.5 Å². The van der Waals surface area contributed by atoms with Crippen molar-refractivity contribution in [3.8, 4) is 5.75 Å². The van der Waals surface area contributed by atoms with Crippen LogP contribution in [0.2, 0.25) is 0 Å². The zero-order valence-corrected chi connectivity index (χ0v) is 11.0. The first-order chi connectivity index (χ1) is 9.15. The molecule has 0 radical (unpaired) electrons. The van der Waals surface area contributed by atoms with Crippen molar-refractivity contribution in [1.29, 1.82) is 0 Å². The van der Waals surface area contributed by atoms with Crippen LogP contribution < -0.4 is 15.8 Å². The molecule has 0 atom stereocenters. The molecule has 3 N–H and O–H groups in total. The van der Waals surface area contributed by atoms with Crippen LogP contribution in [0.1, 0.15) is 12.5 Å². The SMILES string of the molecule is CCc1ccccc1Nc1cc(OC)c(N)cc1F. The normalized spacial score (nSPS) is 10.3. The van der Waals surface area contributed by atoms with Gasteiger partial charge in [0.1, 0.15) is 11.6 Å². The second-order valence-electron chi connectivity index (χ2n) is 4.21. The molecule has 0 saturated carbocycles. The van der Waals surface area contributed by atoms with E-state index in [1.54, 1.807) is 6.07 Å². The lowest BCUT2D eigenvalue weighted by molar-refractivity contribution is 0.416. The molecule has 0 aliphatic carbocycles. The van der Waals surface area contributed by atoms with Gasteiger partial charge in [0.15, 0.2) is 0 Å². The largest absolute Gasteiger partial charge is 0.495 e. The number of aryl methyl sites for hydroxylation is 1. The average molecular weight is 260 g/mol. The van der Waals surface area contributed by atoms with Gasteiger partial charge in [-0.05, 0) is 18.1 Å². The predicted molar refractivity (Wildman–Crippen MR) is 76.5 cm³/mol. The summed E-state index contributed by atoms with van der Waals surface area (Å²) in [6, 6.07) is 10.6. The number of nitrogen functional groups attached to an aromatic ring is 1. The lowest BCUT2D eigenvalue weighted by atomic mass is 10.1. The molecule has 0 amide bonds. The number of nitrogens with two attached hydrogens (primary N) is 1. The highest BCUT2D eigenvalue weighted by molar-refractivity contribution is 5.69. The van der Waals surface area contributed by atoms with Crippen molar-refractivity contribution < 1.29 is 9.13 Å². The number of ether oxygens (including phenoxy) is 1. The van der Waals surface area contributed by atoms with Crippen LogP contribution in [0.15, 0.2) is 36.4 Å². The molecule has 0 aliphatic rings. The summed E-state index contributed by atoms with van der Waals surface area (Å²) in [5.74, 6) is 0.0575. The molecule has 0 aromatic heterocycles. The topological polar surface area (TPSA) is 47.3 Å². The standard InChI is InChI=1S/C15H17FN2O/c1-3-10-6-4-5-7-13(10)18-14-9-15(19-2)12(17)8-11(14)16/h4-9,18H,3,17H2,1-2H3. The van der Waals surface area contributed by atoms with Gasteiger partial charge in [-0.2, -0.15) is 0 Å². The van der Waals surface area contributed by atoms with Crippen molar-refractivity contribution in [2.75, 3.05) is 18.2 Å². The van der Waals surface area contributed by atoms with Crippen LogP contribution in [-0.4, -0.2) is 7.11 Å². The van der Waals surface area contributed by atoms with Gasteiger partial charge in [0.25, 0.3) is 0 Å². The molecule has 2 aromatic rings. The summed E-state index contributed by atoms with van der Waals surface area (Å²) in [5.41, 5.74) is 8.31. The summed E-state index contributed by atoms with van der Waals surface area (Å²) < 4.78 is 19.0. The summed E-state index contributed by atoms with van der Waals surface area (Å²) in [4.78, 5) is 0. The van der Waals surface area contributed by atoms with Gasteiger partial charge in [0, 0.05) is 17.8 Å². The molecule has 0 saturated heterocycles. The summed E-state index contributed by atoms with van der Waals surface area (Å²) in [6.07, 6.45) is 0.872. The fraction of sp³-hybridized carbons (Fsp3) is 0.200. The van der Waals surface area contributed by atoms with E-state index in [-0.39, 0.29) is 5.69 Å². The first-order valence-electron chi connectivity index (χ1n) is 6.13. The highest BCUT2D eigenvalue weighted by Crippen LogP contribution is 2.31. The Bertz CT molecular complexity index is 584. The zero-order chi connectivity index (χ0) is 13.8. The van der Waals surface area contributed by atoms with Crippen molar-refractivity contribution in [3.05, 3.63) is 47.8 Å². The van der Waals surface area contributed by atoms with Crippen LogP contribution in [-0.2, 0) is 6.42 Å². The van der Waals surface area contributed by atoms with Gasteiger partial charge in [-0.25, -0.2) is 4.39 Å². The number of benzene rings is 2. The molecule has 0 spiro atoms. The molecular formula is C15H17FN2O. The van der Waals surface area contributed by atoms with Crippen molar-refractivity contribution in [2.45, 2.75) is 13.3 Å². The lowest BCUT2D eigenvalue weighted by Gasteiger charge is -2.13. The number of hydrogen-bond acceptors (Lipinski definition) is 3. The second-order valence-corrected chi connectivity index (χ2v) is 4.21. The van der Waals surface area contributed by atoms with Gasteiger partial charge >= 0.3 is 0 Å². The van der Waals surface area contributed by atoms with Crippen molar-refractivity contribution >= 4 is 17.1 Å². The Morgan fingerprint density at radius 2 is 1.95 bits per heavy atom. The van der Waals surface area contributed by atoms with E-state index in [0.29, 0.717) is 11.4 Å². The Balaban J connectivity index is 2.38. The predicted octanol–water partition coefficient (Wildman–Crippen LogP) is 3.72. The number of rotatable bonds is 4.